The fraction of sp³-hybridized carbons (Fsp3) is 0.417. The molecule has 0 aliphatic heterocycles. The molecule has 4 atom stereocenters. The number of hydrogen-bond donors (Lipinski definition) is 0. The summed E-state index contributed by atoms with van der Waals surface area (Å²) in [7, 11) is 0. The van der Waals surface area contributed by atoms with Gasteiger partial charge in [-0.05, 0) is 95.7 Å². The van der Waals surface area contributed by atoms with E-state index in [1.165, 1.54) is 29.3 Å². The maximum atomic E-state index is 13.8. The second kappa shape index (κ2) is 6.02. The summed E-state index contributed by atoms with van der Waals surface area (Å²) in [5.74, 6) is 1.62. The number of aryl methyl sites for hydroxylation is 1. The molecule has 0 radical (unpaired) electrons. The average molecular weight is 358 g/mol. The molecule has 0 amide bonds. The van der Waals surface area contributed by atoms with Crippen LogP contribution in [0.2, 0.25) is 0 Å². The van der Waals surface area contributed by atoms with Crippen LogP contribution in [-0.4, -0.2) is 4.98 Å². The lowest BCUT2D eigenvalue weighted by molar-refractivity contribution is 0.0885. The van der Waals surface area contributed by atoms with E-state index in [4.69, 9.17) is 0 Å². The van der Waals surface area contributed by atoms with E-state index in [1.807, 2.05) is 12.3 Å². The van der Waals surface area contributed by atoms with Gasteiger partial charge >= 0.3 is 0 Å². The molecule has 0 bridgehead atoms. The molecule has 0 saturated heterocycles. The van der Waals surface area contributed by atoms with Crippen LogP contribution >= 0.6 is 0 Å². The zero-order valence-electron chi connectivity index (χ0n) is 15.6. The van der Waals surface area contributed by atoms with Crippen LogP contribution in [0.4, 0.5) is 4.39 Å². The molecular weight excluding hydrogens is 335 g/mol. The minimum atomic E-state index is -0.256. The summed E-state index contributed by atoms with van der Waals surface area (Å²) < 4.78 is 13.8. The first-order valence-corrected chi connectivity index (χ1v) is 9.94. The van der Waals surface area contributed by atoms with Crippen molar-refractivity contribution in [2.24, 2.45) is 17.3 Å². The summed E-state index contributed by atoms with van der Waals surface area (Å²) in [6.45, 7) is 2.38. The fourth-order valence-electron chi connectivity index (χ4n) is 6.23. The van der Waals surface area contributed by atoms with Crippen LogP contribution in [0.15, 0.2) is 42.7 Å². The van der Waals surface area contributed by atoms with Crippen molar-refractivity contribution in [1.82, 2.24) is 4.98 Å². The summed E-state index contributed by atoms with van der Waals surface area (Å²) in [5, 5.41) is 9.20. The molecule has 3 aliphatic carbocycles. The predicted octanol–water partition coefficient (Wildman–Crippen LogP) is 5.64. The number of rotatable bonds is 1. The van der Waals surface area contributed by atoms with Crippen LogP contribution in [0.3, 0.4) is 0 Å². The summed E-state index contributed by atoms with van der Waals surface area (Å²) in [4.78, 5) is 4.08. The molecule has 1 heterocycles. The Kier molecular flexibility index (Phi) is 3.72. The summed E-state index contributed by atoms with van der Waals surface area (Å²) in [6.07, 6.45) is 11.1. The highest BCUT2D eigenvalue weighted by atomic mass is 19.1. The lowest BCUT2D eigenvalue weighted by Crippen LogP contribution is -2.40. The number of pyridine rings is 1. The molecule has 5 rings (SSSR count). The van der Waals surface area contributed by atoms with Gasteiger partial charge in [0.2, 0.25) is 0 Å². The van der Waals surface area contributed by atoms with E-state index in [0.717, 1.165) is 36.8 Å². The van der Waals surface area contributed by atoms with E-state index in [0.29, 0.717) is 17.8 Å². The van der Waals surface area contributed by atoms with Crippen molar-refractivity contribution in [3.8, 4) is 6.07 Å². The second-order valence-electron chi connectivity index (χ2n) is 8.64. The van der Waals surface area contributed by atoms with Crippen molar-refractivity contribution in [1.29, 1.82) is 5.26 Å². The normalized spacial score (nSPS) is 31.3. The number of fused-ring (bicyclic) bond motifs is 5. The molecule has 3 aliphatic rings. The Bertz CT molecular complexity index is 986. The van der Waals surface area contributed by atoms with E-state index in [1.54, 1.807) is 6.07 Å². The Balaban J connectivity index is 1.48. The molecule has 1 aromatic carbocycles. The van der Waals surface area contributed by atoms with Crippen molar-refractivity contribution in [3.63, 3.8) is 0 Å². The molecule has 0 N–H and O–H groups in total. The lowest BCUT2D eigenvalue weighted by atomic mass is 9.54. The fourth-order valence-corrected chi connectivity index (χ4v) is 6.23. The highest BCUT2D eigenvalue weighted by Crippen LogP contribution is 2.63. The Morgan fingerprint density at radius 1 is 1.22 bits per heavy atom. The SMILES string of the molecule is C[C@]12CC[C@@H]3c4ccc(C#N)cc4CC[C@H]3[C@@H]1CC=C2c1cncc(F)c1. The van der Waals surface area contributed by atoms with Gasteiger partial charge in [-0.3, -0.25) is 4.98 Å². The highest BCUT2D eigenvalue weighted by molar-refractivity contribution is 5.72. The number of halogens is 1. The number of hydrogen-bond acceptors (Lipinski definition) is 2. The molecule has 0 spiro atoms. The zero-order valence-corrected chi connectivity index (χ0v) is 15.6. The third kappa shape index (κ3) is 2.46. The van der Waals surface area contributed by atoms with E-state index in [-0.39, 0.29) is 11.2 Å². The Hall–Kier alpha value is -2.47. The Labute approximate surface area is 159 Å². The molecule has 1 fully saturated rings. The van der Waals surface area contributed by atoms with Gasteiger partial charge in [-0.1, -0.05) is 19.1 Å². The predicted molar refractivity (Wildman–Crippen MR) is 103 cm³/mol. The van der Waals surface area contributed by atoms with Gasteiger partial charge in [0.05, 0.1) is 17.8 Å². The topological polar surface area (TPSA) is 36.7 Å². The van der Waals surface area contributed by atoms with Crippen molar-refractivity contribution >= 4 is 5.57 Å². The van der Waals surface area contributed by atoms with Crippen molar-refractivity contribution in [2.45, 2.75) is 44.9 Å². The average Bonchev–Trinajstić information content (AvgIpc) is 3.04. The van der Waals surface area contributed by atoms with Crippen LogP contribution in [0.5, 0.6) is 0 Å². The zero-order chi connectivity index (χ0) is 18.6. The first-order valence-electron chi connectivity index (χ1n) is 9.94. The van der Waals surface area contributed by atoms with Gasteiger partial charge in [-0.2, -0.15) is 5.26 Å². The molecule has 2 nitrogen and oxygen atoms in total. The number of nitriles is 1. The molecule has 1 aromatic heterocycles. The molecule has 3 heteroatoms. The summed E-state index contributed by atoms with van der Waals surface area (Å²) >= 11 is 0. The minimum absolute atomic E-state index is 0.112. The number of allylic oxidation sites excluding steroid dienone is 2. The molecule has 2 aromatic rings. The number of benzene rings is 1. The molecular formula is C24H23FN2. The van der Waals surface area contributed by atoms with Gasteiger partial charge in [0.1, 0.15) is 5.82 Å². The molecule has 136 valence electrons. The van der Waals surface area contributed by atoms with E-state index in [9.17, 15) is 9.65 Å². The highest BCUT2D eigenvalue weighted by Gasteiger charge is 2.51. The van der Waals surface area contributed by atoms with Crippen LogP contribution in [0.1, 0.15) is 60.8 Å². The third-order valence-electron chi connectivity index (χ3n) is 7.45. The van der Waals surface area contributed by atoms with E-state index in [2.05, 4.69) is 36.2 Å². The van der Waals surface area contributed by atoms with Crippen molar-refractivity contribution in [3.05, 3.63) is 70.8 Å². The standard InChI is InChI=1S/C24H23FN2/c1-24-9-8-20-19-4-2-15(12-26)10-16(19)3-5-21(20)23(24)7-6-22(24)17-11-18(25)14-27-13-17/h2,4,6,10-11,13-14,20-21,23H,3,5,7-9H2,1H3/t20-,21-,23+,24-/m1/s1. The lowest BCUT2D eigenvalue weighted by Gasteiger charge is -2.50. The first kappa shape index (κ1) is 16.7. The number of nitrogens with zero attached hydrogens (tertiary/aromatic N) is 2. The van der Waals surface area contributed by atoms with E-state index < -0.39 is 0 Å². The molecule has 0 unspecified atom stereocenters. The quantitative estimate of drug-likeness (QED) is 0.661. The number of aromatic nitrogens is 1. The largest absolute Gasteiger partial charge is 0.261 e. The second-order valence-corrected chi connectivity index (χ2v) is 8.64. The van der Waals surface area contributed by atoms with Crippen LogP contribution in [0, 0.1) is 34.4 Å². The van der Waals surface area contributed by atoms with Crippen molar-refractivity contribution < 1.29 is 4.39 Å². The molecule has 27 heavy (non-hydrogen) atoms. The minimum Gasteiger partial charge on any atom is -0.261 e. The van der Waals surface area contributed by atoms with E-state index >= 15 is 0 Å². The smallest absolute Gasteiger partial charge is 0.142 e. The summed E-state index contributed by atoms with van der Waals surface area (Å²) in [6, 6.07) is 10.2. The third-order valence-corrected chi connectivity index (χ3v) is 7.45. The van der Waals surface area contributed by atoms with Crippen LogP contribution in [0.25, 0.3) is 5.57 Å². The van der Waals surface area contributed by atoms with Gasteiger partial charge in [0.25, 0.3) is 0 Å². The molecule has 1 saturated carbocycles. The first-order chi connectivity index (χ1) is 13.1. The van der Waals surface area contributed by atoms with Crippen LogP contribution < -0.4 is 0 Å². The summed E-state index contributed by atoms with van der Waals surface area (Å²) in [5.41, 5.74) is 5.97. The maximum absolute atomic E-state index is 13.8. The van der Waals surface area contributed by atoms with Gasteiger partial charge in [-0.15, -0.1) is 0 Å². The maximum Gasteiger partial charge on any atom is 0.142 e. The monoisotopic (exact) mass is 358 g/mol. The Morgan fingerprint density at radius 2 is 2.11 bits per heavy atom. The van der Waals surface area contributed by atoms with Gasteiger partial charge in [0.15, 0.2) is 0 Å². The Morgan fingerprint density at radius 3 is 2.93 bits per heavy atom. The van der Waals surface area contributed by atoms with Gasteiger partial charge in [0, 0.05) is 6.20 Å². The van der Waals surface area contributed by atoms with Gasteiger partial charge < -0.3 is 0 Å². The van der Waals surface area contributed by atoms with Crippen LogP contribution in [-0.2, 0) is 6.42 Å². The van der Waals surface area contributed by atoms with Crippen molar-refractivity contribution in [2.75, 3.05) is 0 Å². The van der Waals surface area contributed by atoms with Gasteiger partial charge in [-0.25, -0.2) is 4.39 Å².